The zero-order valence-corrected chi connectivity index (χ0v) is 14.5. The van der Waals surface area contributed by atoms with Crippen LogP contribution in [0.4, 0.5) is 0 Å². The maximum Gasteiger partial charge on any atom is 0.326 e. The summed E-state index contributed by atoms with van der Waals surface area (Å²) in [5, 5.41) is 9.63. The number of carbonyl (C=O) groups excluding carboxylic acids is 2. The molecule has 1 heterocycles. The predicted octanol–water partition coefficient (Wildman–Crippen LogP) is 2.31. The van der Waals surface area contributed by atoms with Crippen molar-refractivity contribution in [3.8, 4) is 0 Å². The molecule has 0 bridgehead atoms. The fourth-order valence-electron chi connectivity index (χ4n) is 3.55. The summed E-state index contributed by atoms with van der Waals surface area (Å²) in [4.78, 5) is 38.5. The largest absolute Gasteiger partial charge is 0.480 e. The van der Waals surface area contributed by atoms with Gasteiger partial charge in [-0.25, -0.2) is 4.79 Å². The molecule has 25 heavy (non-hydrogen) atoms. The highest BCUT2D eigenvalue weighted by atomic mass is 16.5. The van der Waals surface area contributed by atoms with E-state index in [1.807, 2.05) is 31.2 Å². The second-order valence-corrected chi connectivity index (χ2v) is 6.82. The number of esters is 1. The van der Waals surface area contributed by atoms with Crippen molar-refractivity contribution in [3.05, 3.63) is 35.4 Å². The molecule has 6 nitrogen and oxygen atoms in total. The fourth-order valence-corrected chi connectivity index (χ4v) is 3.55. The third kappa shape index (κ3) is 3.38. The summed E-state index contributed by atoms with van der Waals surface area (Å²) in [6.07, 6.45) is 1.66. The average Bonchev–Trinajstić information content (AvgIpc) is 3.34. The summed E-state index contributed by atoms with van der Waals surface area (Å²) >= 11 is 0. The first kappa shape index (κ1) is 17.5. The minimum Gasteiger partial charge on any atom is -0.480 e. The number of ether oxygens (including phenoxy) is 1. The number of carboxylic acids is 1. The molecule has 1 N–H and O–H groups in total. The van der Waals surface area contributed by atoms with E-state index in [2.05, 4.69) is 0 Å². The van der Waals surface area contributed by atoms with Crippen molar-refractivity contribution in [1.29, 1.82) is 0 Å². The first-order valence-corrected chi connectivity index (χ1v) is 8.72. The molecule has 1 aliphatic heterocycles. The Kier molecular flexibility index (Phi) is 4.79. The molecule has 6 heteroatoms. The number of likely N-dealkylation sites (tertiary alicyclic amines) is 1. The van der Waals surface area contributed by atoms with Gasteiger partial charge in [0, 0.05) is 5.92 Å². The third-order valence-corrected chi connectivity index (χ3v) is 4.97. The van der Waals surface area contributed by atoms with Crippen LogP contribution < -0.4 is 0 Å². The molecule has 1 saturated heterocycles. The van der Waals surface area contributed by atoms with Crippen molar-refractivity contribution < 1.29 is 24.2 Å². The molecule has 3 atom stereocenters. The molecule has 1 aromatic rings. The lowest BCUT2D eigenvalue weighted by Gasteiger charge is -2.30. The Morgan fingerprint density at radius 2 is 1.84 bits per heavy atom. The number of aryl methyl sites for hydroxylation is 1. The van der Waals surface area contributed by atoms with Crippen molar-refractivity contribution >= 4 is 17.8 Å². The van der Waals surface area contributed by atoms with E-state index in [0.717, 1.165) is 24.0 Å². The Bertz CT molecular complexity index is 680. The van der Waals surface area contributed by atoms with Gasteiger partial charge in [0.1, 0.15) is 6.04 Å². The van der Waals surface area contributed by atoms with Crippen molar-refractivity contribution in [2.75, 3.05) is 6.61 Å². The van der Waals surface area contributed by atoms with E-state index in [9.17, 15) is 19.5 Å². The Balaban J connectivity index is 2.02. The zero-order valence-electron chi connectivity index (χ0n) is 14.5. The lowest BCUT2D eigenvalue weighted by Crippen LogP contribution is -2.43. The van der Waals surface area contributed by atoms with Gasteiger partial charge in [0.2, 0.25) is 5.91 Å². The number of nitrogens with zero attached hydrogens (tertiary/aromatic N) is 1. The van der Waals surface area contributed by atoms with Crippen LogP contribution in [0, 0.1) is 18.8 Å². The Labute approximate surface area is 146 Å². The number of aliphatic carboxylic acids is 1. The Morgan fingerprint density at radius 3 is 2.36 bits per heavy atom. The van der Waals surface area contributed by atoms with Crippen LogP contribution in [0.15, 0.2) is 24.3 Å². The lowest BCUT2D eigenvalue weighted by atomic mass is 9.92. The summed E-state index contributed by atoms with van der Waals surface area (Å²) in [5.41, 5.74) is 1.84. The van der Waals surface area contributed by atoms with Crippen molar-refractivity contribution in [2.45, 2.75) is 45.2 Å². The summed E-state index contributed by atoms with van der Waals surface area (Å²) in [6.45, 7) is 3.90. The van der Waals surface area contributed by atoms with Gasteiger partial charge in [0.05, 0.1) is 18.6 Å². The first-order valence-electron chi connectivity index (χ1n) is 8.72. The van der Waals surface area contributed by atoms with Gasteiger partial charge < -0.3 is 14.7 Å². The second-order valence-electron chi connectivity index (χ2n) is 6.82. The standard InChI is InChI=1S/C19H23NO5/c1-3-25-19(24)14-10-15(18(22)23)20(17(21)13-8-9-13)16(14)12-6-4-11(2)5-7-12/h4-7,13-16H,3,8-10H2,1-2H3,(H,22,23). The van der Waals surface area contributed by atoms with Crippen LogP contribution in [-0.4, -0.2) is 40.5 Å². The van der Waals surface area contributed by atoms with Gasteiger partial charge in [-0.1, -0.05) is 29.8 Å². The normalized spacial score (nSPS) is 25.7. The highest BCUT2D eigenvalue weighted by Crippen LogP contribution is 2.45. The van der Waals surface area contributed by atoms with Crippen LogP contribution in [-0.2, 0) is 19.1 Å². The predicted molar refractivity (Wildman–Crippen MR) is 89.7 cm³/mol. The maximum absolute atomic E-state index is 12.8. The second kappa shape index (κ2) is 6.86. The third-order valence-electron chi connectivity index (χ3n) is 4.97. The smallest absolute Gasteiger partial charge is 0.326 e. The summed E-state index contributed by atoms with van der Waals surface area (Å²) < 4.78 is 5.16. The molecule has 134 valence electrons. The van der Waals surface area contributed by atoms with Gasteiger partial charge in [-0.15, -0.1) is 0 Å². The number of amides is 1. The number of benzene rings is 1. The summed E-state index contributed by atoms with van der Waals surface area (Å²) in [6, 6.07) is 5.96. The SMILES string of the molecule is CCOC(=O)C1CC(C(=O)O)N(C(=O)C2CC2)C1c1ccc(C)cc1. The van der Waals surface area contributed by atoms with Crippen LogP contribution in [0.3, 0.4) is 0 Å². The molecule has 3 unspecified atom stereocenters. The minimum atomic E-state index is -1.07. The highest BCUT2D eigenvalue weighted by Gasteiger charge is 2.53. The van der Waals surface area contributed by atoms with Gasteiger partial charge in [-0.3, -0.25) is 9.59 Å². The molecule has 0 aromatic heterocycles. The quantitative estimate of drug-likeness (QED) is 0.828. The topological polar surface area (TPSA) is 83.9 Å². The monoisotopic (exact) mass is 345 g/mol. The molecule has 1 amide bonds. The minimum absolute atomic E-state index is 0.0885. The van der Waals surface area contributed by atoms with E-state index < -0.39 is 29.9 Å². The number of rotatable bonds is 5. The van der Waals surface area contributed by atoms with Crippen LogP contribution >= 0.6 is 0 Å². The molecule has 1 aromatic carbocycles. The van der Waals surface area contributed by atoms with Gasteiger partial charge in [0.25, 0.3) is 0 Å². The molecule has 0 spiro atoms. The Morgan fingerprint density at radius 1 is 1.20 bits per heavy atom. The van der Waals surface area contributed by atoms with Crippen molar-refractivity contribution in [2.24, 2.45) is 11.8 Å². The highest BCUT2D eigenvalue weighted by molar-refractivity contribution is 5.89. The molecule has 2 aliphatic rings. The Hall–Kier alpha value is -2.37. The van der Waals surface area contributed by atoms with Crippen LogP contribution in [0.2, 0.25) is 0 Å². The summed E-state index contributed by atoms with van der Waals surface area (Å²) in [5.74, 6) is -2.45. The molecule has 1 saturated carbocycles. The average molecular weight is 345 g/mol. The molecular weight excluding hydrogens is 322 g/mol. The van der Waals surface area contributed by atoms with E-state index in [1.165, 1.54) is 4.90 Å². The maximum atomic E-state index is 12.8. The van der Waals surface area contributed by atoms with Gasteiger partial charge in [0.15, 0.2) is 0 Å². The van der Waals surface area contributed by atoms with E-state index in [1.54, 1.807) is 6.92 Å². The van der Waals surface area contributed by atoms with E-state index in [4.69, 9.17) is 4.74 Å². The fraction of sp³-hybridized carbons (Fsp3) is 0.526. The summed E-state index contributed by atoms with van der Waals surface area (Å²) in [7, 11) is 0. The molecule has 2 fully saturated rings. The molecular formula is C19H23NO5. The zero-order chi connectivity index (χ0) is 18.1. The first-order chi connectivity index (χ1) is 11.9. The van der Waals surface area contributed by atoms with Gasteiger partial charge in [-0.05, 0) is 38.7 Å². The van der Waals surface area contributed by atoms with Crippen LogP contribution in [0.25, 0.3) is 0 Å². The van der Waals surface area contributed by atoms with Crippen LogP contribution in [0.5, 0.6) is 0 Å². The van der Waals surface area contributed by atoms with E-state index in [0.29, 0.717) is 0 Å². The van der Waals surface area contributed by atoms with Crippen LogP contribution in [0.1, 0.15) is 43.4 Å². The van der Waals surface area contributed by atoms with Crippen molar-refractivity contribution in [1.82, 2.24) is 4.90 Å². The molecule has 3 rings (SSSR count). The molecule has 1 aliphatic carbocycles. The number of hydrogen-bond donors (Lipinski definition) is 1. The lowest BCUT2D eigenvalue weighted by molar-refractivity contribution is -0.152. The number of hydrogen-bond acceptors (Lipinski definition) is 4. The van der Waals surface area contributed by atoms with E-state index >= 15 is 0 Å². The number of carbonyl (C=O) groups is 3. The molecule has 0 radical (unpaired) electrons. The van der Waals surface area contributed by atoms with Gasteiger partial charge >= 0.3 is 11.9 Å². The van der Waals surface area contributed by atoms with E-state index in [-0.39, 0.29) is 24.9 Å². The van der Waals surface area contributed by atoms with Gasteiger partial charge in [-0.2, -0.15) is 0 Å². The van der Waals surface area contributed by atoms with Crippen molar-refractivity contribution in [3.63, 3.8) is 0 Å². The number of carboxylic acid groups (broad SMARTS) is 1.